The number of anilines is 1. The standard InChI is InChI=1S/C22H20N2O2S2/c1-13-6-4-8-17(15(13)3)26-11-16-10-19(27-12-16)21(25)24-22-23-20-14(2)7-5-9-18(20)28-22/h4-10,12H,11H2,1-3H3,(H,23,24,25). The third-order valence-electron chi connectivity index (χ3n) is 4.67. The molecule has 142 valence electrons. The highest BCUT2D eigenvalue weighted by Crippen LogP contribution is 2.29. The number of carbonyl (C=O) groups is 1. The number of nitrogens with zero attached hydrogens (tertiary/aromatic N) is 1. The number of aromatic nitrogens is 1. The van der Waals surface area contributed by atoms with Crippen LogP contribution in [0.2, 0.25) is 0 Å². The molecule has 0 radical (unpaired) electrons. The Morgan fingerprint density at radius 3 is 2.71 bits per heavy atom. The average Bonchev–Trinajstić information content (AvgIpc) is 3.30. The van der Waals surface area contributed by atoms with Crippen molar-refractivity contribution in [1.82, 2.24) is 4.98 Å². The van der Waals surface area contributed by atoms with E-state index in [1.54, 1.807) is 0 Å². The van der Waals surface area contributed by atoms with Crippen molar-refractivity contribution in [3.63, 3.8) is 0 Å². The highest BCUT2D eigenvalue weighted by molar-refractivity contribution is 7.22. The summed E-state index contributed by atoms with van der Waals surface area (Å²) in [6.07, 6.45) is 0. The molecule has 4 nitrogen and oxygen atoms in total. The Morgan fingerprint density at radius 2 is 1.89 bits per heavy atom. The minimum atomic E-state index is -0.139. The summed E-state index contributed by atoms with van der Waals surface area (Å²) >= 11 is 2.90. The fourth-order valence-corrected chi connectivity index (χ4v) is 4.64. The molecule has 0 bridgehead atoms. The van der Waals surface area contributed by atoms with Gasteiger partial charge < -0.3 is 4.74 Å². The highest BCUT2D eigenvalue weighted by Gasteiger charge is 2.13. The van der Waals surface area contributed by atoms with Gasteiger partial charge in [-0.15, -0.1) is 11.3 Å². The number of benzene rings is 2. The molecule has 6 heteroatoms. The molecule has 2 aromatic carbocycles. The number of fused-ring (bicyclic) bond motifs is 1. The number of carbonyl (C=O) groups excluding carboxylic acids is 1. The summed E-state index contributed by atoms with van der Waals surface area (Å²) in [5, 5.41) is 5.50. The molecule has 0 atom stereocenters. The van der Waals surface area contributed by atoms with Crippen molar-refractivity contribution >= 4 is 43.9 Å². The average molecular weight is 409 g/mol. The van der Waals surface area contributed by atoms with Crippen molar-refractivity contribution in [3.05, 3.63) is 75.0 Å². The molecule has 2 aromatic heterocycles. The van der Waals surface area contributed by atoms with Gasteiger partial charge in [-0.2, -0.15) is 0 Å². The van der Waals surface area contributed by atoms with Crippen LogP contribution in [-0.4, -0.2) is 10.9 Å². The lowest BCUT2D eigenvalue weighted by molar-refractivity contribution is 0.103. The molecule has 0 aliphatic carbocycles. The molecule has 0 saturated carbocycles. The van der Waals surface area contributed by atoms with Crippen LogP contribution < -0.4 is 10.1 Å². The first-order valence-electron chi connectivity index (χ1n) is 8.95. The smallest absolute Gasteiger partial charge is 0.267 e. The quantitative estimate of drug-likeness (QED) is 0.433. The van der Waals surface area contributed by atoms with E-state index in [1.165, 1.54) is 28.2 Å². The Hall–Kier alpha value is -2.70. The molecule has 4 rings (SSSR count). The molecule has 0 fully saturated rings. The second-order valence-corrected chi connectivity index (χ2v) is 8.64. The fourth-order valence-electron chi connectivity index (χ4n) is 2.91. The third-order valence-corrected chi connectivity index (χ3v) is 6.58. The SMILES string of the molecule is Cc1cccc(OCc2csc(C(=O)Nc3nc4c(C)cccc4s3)c2)c1C. The van der Waals surface area contributed by atoms with Crippen molar-refractivity contribution in [2.24, 2.45) is 0 Å². The number of thiophene rings is 1. The molecule has 2 heterocycles. The number of rotatable bonds is 5. The Morgan fingerprint density at radius 1 is 1.11 bits per heavy atom. The molecular weight excluding hydrogens is 388 g/mol. The summed E-state index contributed by atoms with van der Waals surface area (Å²) in [5.74, 6) is 0.738. The molecule has 0 aliphatic rings. The number of nitrogens with one attached hydrogen (secondary N) is 1. The summed E-state index contributed by atoms with van der Waals surface area (Å²) in [7, 11) is 0. The van der Waals surface area contributed by atoms with Gasteiger partial charge in [0.15, 0.2) is 5.13 Å². The number of aryl methyl sites for hydroxylation is 2. The topological polar surface area (TPSA) is 51.2 Å². The summed E-state index contributed by atoms with van der Waals surface area (Å²) in [5.41, 5.74) is 5.37. The molecule has 0 unspecified atom stereocenters. The zero-order valence-electron chi connectivity index (χ0n) is 15.9. The first kappa shape index (κ1) is 18.7. The molecular formula is C22H20N2O2S2. The van der Waals surface area contributed by atoms with Crippen LogP contribution in [0.3, 0.4) is 0 Å². The summed E-state index contributed by atoms with van der Waals surface area (Å²) < 4.78 is 7.01. The molecule has 0 saturated heterocycles. The second-order valence-electron chi connectivity index (χ2n) is 6.70. The number of para-hydroxylation sites is 1. The molecule has 1 amide bonds. The van der Waals surface area contributed by atoms with Crippen LogP contribution >= 0.6 is 22.7 Å². The second kappa shape index (κ2) is 7.73. The van der Waals surface area contributed by atoms with E-state index in [4.69, 9.17) is 4.74 Å². The molecule has 0 aliphatic heterocycles. The molecule has 1 N–H and O–H groups in total. The summed E-state index contributed by atoms with van der Waals surface area (Å²) in [4.78, 5) is 17.8. The molecule has 0 spiro atoms. The van der Waals surface area contributed by atoms with E-state index in [1.807, 2.05) is 48.7 Å². The summed E-state index contributed by atoms with van der Waals surface area (Å²) in [6.45, 7) is 6.58. The van der Waals surface area contributed by atoms with Crippen molar-refractivity contribution in [3.8, 4) is 5.75 Å². The monoisotopic (exact) mass is 408 g/mol. The van der Waals surface area contributed by atoms with E-state index in [0.717, 1.165) is 32.7 Å². The van der Waals surface area contributed by atoms with Crippen LogP contribution in [0.25, 0.3) is 10.2 Å². The predicted octanol–water partition coefficient (Wildman–Crippen LogP) is 6.11. The normalized spacial score (nSPS) is 11.0. The van der Waals surface area contributed by atoms with Gasteiger partial charge in [-0.05, 0) is 61.0 Å². The largest absolute Gasteiger partial charge is 0.489 e. The van der Waals surface area contributed by atoms with Gasteiger partial charge in [0.2, 0.25) is 0 Å². The zero-order chi connectivity index (χ0) is 19.7. The van der Waals surface area contributed by atoms with Gasteiger partial charge >= 0.3 is 0 Å². The van der Waals surface area contributed by atoms with E-state index in [0.29, 0.717) is 16.6 Å². The molecule has 4 aromatic rings. The number of ether oxygens (including phenoxy) is 1. The predicted molar refractivity (Wildman–Crippen MR) is 117 cm³/mol. The number of thiazole rings is 1. The van der Waals surface area contributed by atoms with Crippen LogP contribution in [0.5, 0.6) is 5.75 Å². The lowest BCUT2D eigenvalue weighted by atomic mass is 10.1. The maximum Gasteiger partial charge on any atom is 0.267 e. The summed E-state index contributed by atoms with van der Waals surface area (Å²) in [6, 6.07) is 13.9. The fraction of sp³-hybridized carbons (Fsp3) is 0.182. The third kappa shape index (κ3) is 3.79. The first-order valence-corrected chi connectivity index (χ1v) is 10.6. The van der Waals surface area contributed by atoms with Crippen LogP contribution in [-0.2, 0) is 6.61 Å². The number of amides is 1. The van der Waals surface area contributed by atoms with Gasteiger partial charge in [0.05, 0.1) is 15.1 Å². The lowest BCUT2D eigenvalue weighted by Gasteiger charge is -2.09. The van der Waals surface area contributed by atoms with Crippen molar-refractivity contribution in [1.29, 1.82) is 0 Å². The Balaban J connectivity index is 1.43. The van der Waals surface area contributed by atoms with Crippen LogP contribution in [0.4, 0.5) is 5.13 Å². The Bertz CT molecular complexity index is 1160. The van der Waals surface area contributed by atoms with Gasteiger partial charge in [0, 0.05) is 5.56 Å². The maximum absolute atomic E-state index is 12.6. The van der Waals surface area contributed by atoms with E-state index >= 15 is 0 Å². The van der Waals surface area contributed by atoms with Gasteiger partial charge in [-0.3, -0.25) is 10.1 Å². The van der Waals surface area contributed by atoms with Crippen LogP contribution in [0, 0.1) is 20.8 Å². The van der Waals surface area contributed by atoms with Crippen molar-refractivity contribution < 1.29 is 9.53 Å². The maximum atomic E-state index is 12.6. The van der Waals surface area contributed by atoms with E-state index < -0.39 is 0 Å². The van der Waals surface area contributed by atoms with E-state index in [9.17, 15) is 4.79 Å². The van der Waals surface area contributed by atoms with Crippen LogP contribution in [0.1, 0.15) is 31.9 Å². The van der Waals surface area contributed by atoms with Gasteiger partial charge in [0.1, 0.15) is 12.4 Å². The zero-order valence-corrected chi connectivity index (χ0v) is 17.5. The first-order chi connectivity index (χ1) is 13.5. The number of hydrogen-bond donors (Lipinski definition) is 1. The Kier molecular flexibility index (Phi) is 5.15. The van der Waals surface area contributed by atoms with Gasteiger partial charge in [-0.25, -0.2) is 4.98 Å². The Labute approximate surface area is 171 Å². The highest BCUT2D eigenvalue weighted by atomic mass is 32.1. The minimum absolute atomic E-state index is 0.139. The number of hydrogen-bond acceptors (Lipinski definition) is 5. The minimum Gasteiger partial charge on any atom is -0.489 e. The molecule has 28 heavy (non-hydrogen) atoms. The van der Waals surface area contributed by atoms with Crippen molar-refractivity contribution in [2.75, 3.05) is 5.32 Å². The van der Waals surface area contributed by atoms with Crippen molar-refractivity contribution in [2.45, 2.75) is 27.4 Å². The van der Waals surface area contributed by atoms with E-state index in [-0.39, 0.29) is 5.91 Å². The van der Waals surface area contributed by atoms with E-state index in [2.05, 4.69) is 30.2 Å². The van der Waals surface area contributed by atoms with Gasteiger partial charge in [-0.1, -0.05) is 35.6 Å². The van der Waals surface area contributed by atoms with Crippen LogP contribution in [0.15, 0.2) is 47.8 Å². The lowest BCUT2D eigenvalue weighted by Crippen LogP contribution is -2.09. The van der Waals surface area contributed by atoms with Gasteiger partial charge in [0.25, 0.3) is 5.91 Å².